The number of rotatable bonds is 5. The van der Waals surface area contributed by atoms with Gasteiger partial charge in [0, 0.05) is 17.8 Å². The summed E-state index contributed by atoms with van der Waals surface area (Å²) in [5, 5.41) is 9.78. The van der Waals surface area contributed by atoms with E-state index in [9.17, 15) is 9.90 Å². The normalized spacial score (nSPS) is 12.0. The van der Waals surface area contributed by atoms with Gasteiger partial charge >= 0.3 is 5.97 Å². The van der Waals surface area contributed by atoms with Crippen LogP contribution in [0.3, 0.4) is 0 Å². The number of aromatic nitrogens is 1. The van der Waals surface area contributed by atoms with Gasteiger partial charge in [-0.15, -0.1) is 0 Å². The van der Waals surface area contributed by atoms with Gasteiger partial charge in [0.25, 0.3) is 0 Å². The Hall–Kier alpha value is -2.81. The van der Waals surface area contributed by atoms with Gasteiger partial charge in [0.15, 0.2) is 0 Å². The summed E-state index contributed by atoms with van der Waals surface area (Å²) in [6.07, 6.45) is 0.464. The zero-order valence-corrected chi connectivity index (χ0v) is 13.0. The van der Waals surface area contributed by atoms with E-state index >= 15 is 0 Å². The average molecular weight is 305 g/mol. The molecule has 1 N–H and O–H groups in total. The van der Waals surface area contributed by atoms with Crippen LogP contribution in [-0.4, -0.2) is 15.6 Å². The van der Waals surface area contributed by atoms with Crippen molar-refractivity contribution < 1.29 is 9.90 Å². The second kappa shape index (κ2) is 6.53. The Morgan fingerprint density at radius 1 is 0.957 bits per heavy atom. The molecule has 1 unspecified atom stereocenters. The number of hydrogen-bond acceptors (Lipinski definition) is 1. The molecule has 0 radical (unpaired) electrons. The van der Waals surface area contributed by atoms with E-state index in [2.05, 4.69) is 0 Å². The summed E-state index contributed by atoms with van der Waals surface area (Å²) in [5.41, 5.74) is 3.94. The summed E-state index contributed by atoms with van der Waals surface area (Å²) in [5.74, 6) is -0.815. The molecular formula is C20H19NO2. The molecule has 0 saturated heterocycles. The van der Waals surface area contributed by atoms with Gasteiger partial charge < -0.3 is 9.67 Å². The Balaban J connectivity index is 2.04. The van der Waals surface area contributed by atoms with E-state index in [0.29, 0.717) is 6.42 Å². The number of nitrogens with zero attached hydrogens (tertiary/aromatic N) is 1. The maximum atomic E-state index is 11.9. The smallest absolute Gasteiger partial charge is 0.327 e. The van der Waals surface area contributed by atoms with Crippen molar-refractivity contribution in [3.05, 3.63) is 84.1 Å². The Morgan fingerprint density at radius 3 is 2.17 bits per heavy atom. The zero-order valence-electron chi connectivity index (χ0n) is 13.0. The summed E-state index contributed by atoms with van der Waals surface area (Å²) in [4.78, 5) is 11.9. The van der Waals surface area contributed by atoms with Crippen LogP contribution in [0.1, 0.15) is 17.3 Å². The Labute approximate surface area is 135 Å². The molecule has 1 heterocycles. The van der Waals surface area contributed by atoms with Crippen LogP contribution in [-0.2, 0) is 11.2 Å². The zero-order chi connectivity index (χ0) is 16.2. The number of hydrogen-bond donors (Lipinski definition) is 1. The van der Waals surface area contributed by atoms with E-state index in [1.807, 2.05) is 84.3 Å². The number of aliphatic carboxylic acids is 1. The molecule has 23 heavy (non-hydrogen) atoms. The second-order valence-corrected chi connectivity index (χ2v) is 5.64. The number of carbonyl (C=O) groups is 1. The molecule has 0 spiro atoms. The first-order chi connectivity index (χ1) is 11.2. The molecule has 1 atom stereocenters. The Morgan fingerprint density at radius 2 is 1.57 bits per heavy atom. The monoisotopic (exact) mass is 305 g/mol. The number of carboxylic acid groups (broad SMARTS) is 1. The van der Waals surface area contributed by atoms with Crippen LogP contribution in [0.25, 0.3) is 11.3 Å². The summed E-state index contributed by atoms with van der Waals surface area (Å²) in [7, 11) is 0. The van der Waals surface area contributed by atoms with Gasteiger partial charge in [-0.05, 0) is 30.2 Å². The van der Waals surface area contributed by atoms with E-state index in [-0.39, 0.29) is 0 Å². The van der Waals surface area contributed by atoms with Crippen molar-refractivity contribution >= 4 is 5.97 Å². The first kappa shape index (κ1) is 15.1. The maximum absolute atomic E-state index is 11.9. The van der Waals surface area contributed by atoms with Crippen LogP contribution in [0.2, 0.25) is 0 Å². The molecule has 0 fully saturated rings. The molecule has 1 aromatic heterocycles. The molecule has 3 nitrogen and oxygen atoms in total. The van der Waals surface area contributed by atoms with Crippen LogP contribution >= 0.6 is 0 Å². The van der Waals surface area contributed by atoms with Crippen molar-refractivity contribution in [1.29, 1.82) is 0 Å². The lowest BCUT2D eigenvalue weighted by Crippen LogP contribution is -2.23. The van der Waals surface area contributed by atoms with Crippen molar-refractivity contribution in [1.82, 2.24) is 4.57 Å². The third kappa shape index (κ3) is 3.19. The standard InChI is InChI=1S/C20H19NO2/c1-15-12-13-18(17-10-6-3-7-11-17)21(15)19(20(22)23)14-16-8-4-2-5-9-16/h2-13,19H,14H2,1H3,(H,22,23). The van der Waals surface area contributed by atoms with Crippen molar-refractivity contribution in [3.8, 4) is 11.3 Å². The summed E-state index contributed by atoms with van der Waals surface area (Å²) in [6, 6.07) is 23.0. The topological polar surface area (TPSA) is 42.2 Å². The minimum atomic E-state index is -0.815. The molecule has 0 saturated carbocycles. The molecule has 2 aromatic carbocycles. The molecule has 3 rings (SSSR count). The minimum absolute atomic E-state index is 0.464. The van der Waals surface area contributed by atoms with Crippen LogP contribution in [0, 0.1) is 6.92 Å². The van der Waals surface area contributed by atoms with Gasteiger partial charge in [0.2, 0.25) is 0 Å². The van der Waals surface area contributed by atoms with Crippen LogP contribution in [0.5, 0.6) is 0 Å². The molecular weight excluding hydrogens is 286 g/mol. The Bertz CT molecular complexity index is 791. The number of carboxylic acids is 1. The molecule has 0 bridgehead atoms. The van der Waals surface area contributed by atoms with Crippen molar-refractivity contribution in [2.75, 3.05) is 0 Å². The lowest BCUT2D eigenvalue weighted by molar-refractivity contribution is -0.140. The largest absolute Gasteiger partial charge is 0.480 e. The van der Waals surface area contributed by atoms with E-state index in [0.717, 1.165) is 22.5 Å². The van der Waals surface area contributed by atoms with Gasteiger partial charge in [-0.25, -0.2) is 4.79 Å². The fourth-order valence-corrected chi connectivity index (χ4v) is 2.93. The Kier molecular flexibility index (Phi) is 4.29. The molecule has 0 aliphatic heterocycles. The highest BCUT2D eigenvalue weighted by atomic mass is 16.4. The lowest BCUT2D eigenvalue weighted by Gasteiger charge is -2.20. The summed E-state index contributed by atoms with van der Waals surface area (Å²) < 4.78 is 1.92. The van der Waals surface area contributed by atoms with Crippen LogP contribution < -0.4 is 0 Å². The van der Waals surface area contributed by atoms with Gasteiger partial charge in [0.1, 0.15) is 6.04 Å². The van der Waals surface area contributed by atoms with Gasteiger partial charge in [-0.2, -0.15) is 0 Å². The second-order valence-electron chi connectivity index (χ2n) is 5.64. The first-order valence-electron chi connectivity index (χ1n) is 7.67. The number of aryl methyl sites for hydroxylation is 1. The minimum Gasteiger partial charge on any atom is -0.480 e. The van der Waals surface area contributed by atoms with Gasteiger partial charge in [-0.3, -0.25) is 0 Å². The molecule has 0 aliphatic rings. The van der Waals surface area contributed by atoms with Gasteiger partial charge in [0.05, 0.1) is 0 Å². The third-order valence-corrected chi connectivity index (χ3v) is 4.06. The van der Waals surface area contributed by atoms with E-state index in [1.165, 1.54) is 0 Å². The molecule has 0 aliphatic carbocycles. The number of benzene rings is 2. The first-order valence-corrected chi connectivity index (χ1v) is 7.67. The van der Waals surface area contributed by atoms with Crippen molar-refractivity contribution in [3.63, 3.8) is 0 Å². The van der Waals surface area contributed by atoms with E-state index in [1.54, 1.807) is 0 Å². The lowest BCUT2D eigenvalue weighted by atomic mass is 10.0. The predicted octanol–water partition coefficient (Wildman–Crippen LogP) is 4.33. The van der Waals surface area contributed by atoms with Crippen LogP contribution in [0.4, 0.5) is 0 Å². The third-order valence-electron chi connectivity index (χ3n) is 4.06. The van der Waals surface area contributed by atoms with Gasteiger partial charge in [-0.1, -0.05) is 60.7 Å². The molecule has 3 aromatic rings. The highest BCUT2D eigenvalue weighted by molar-refractivity contribution is 5.74. The van der Waals surface area contributed by atoms with E-state index in [4.69, 9.17) is 0 Å². The maximum Gasteiger partial charge on any atom is 0.327 e. The predicted molar refractivity (Wildman–Crippen MR) is 91.4 cm³/mol. The van der Waals surface area contributed by atoms with Crippen molar-refractivity contribution in [2.24, 2.45) is 0 Å². The molecule has 0 amide bonds. The summed E-state index contributed by atoms with van der Waals surface area (Å²) in [6.45, 7) is 1.95. The highest BCUT2D eigenvalue weighted by Gasteiger charge is 2.24. The quantitative estimate of drug-likeness (QED) is 0.762. The fraction of sp³-hybridized carbons (Fsp3) is 0.150. The van der Waals surface area contributed by atoms with E-state index < -0.39 is 12.0 Å². The SMILES string of the molecule is Cc1ccc(-c2ccccc2)n1C(Cc1ccccc1)C(=O)O. The fourth-order valence-electron chi connectivity index (χ4n) is 2.93. The molecule has 3 heteroatoms. The van der Waals surface area contributed by atoms with Crippen LogP contribution in [0.15, 0.2) is 72.8 Å². The highest BCUT2D eigenvalue weighted by Crippen LogP contribution is 2.28. The average Bonchev–Trinajstić information content (AvgIpc) is 2.95. The summed E-state index contributed by atoms with van der Waals surface area (Å²) >= 11 is 0. The van der Waals surface area contributed by atoms with Crippen molar-refractivity contribution in [2.45, 2.75) is 19.4 Å². The molecule has 116 valence electrons.